The van der Waals surface area contributed by atoms with E-state index < -0.39 is 0 Å². The maximum atomic E-state index is 4.23. The van der Waals surface area contributed by atoms with Gasteiger partial charge in [0.15, 0.2) is 0 Å². The van der Waals surface area contributed by atoms with Crippen molar-refractivity contribution in [2.75, 3.05) is 0 Å². The second-order valence-electron chi connectivity index (χ2n) is 3.19. The van der Waals surface area contributed by atoms with Crippen molar-refractivity contribution in [3.8, 4) is 0 Å². The Bertz CT molecular complexity index is 180. The molecule has 0 radical (unpaired) electrons. The van der Waals surface area contributed by atoms with E-state index in [-0.39, 0.29) is 0 Å². The number of allylic oxidation sites excluding steroid dienone is 1. The summed E-state index contributed by atoms with van der Waals surface area (Å²) in [5.41, 5.74) is 1.09. The highest BCUT2D eigenvalue weighted by Crippen LogP contribution is 2.15. The van der Waals surface area contributed by atoms with Gasteiger partial charge in [0.2, 0.25) is 0 Å². The molecule has 1 heteroatoms. The number of aliphatic imine (C=N–C) groups is 1. The molecule has 0 rings (SSSR count). The third-order valence-corrected chi connectivity index (χ3v) is 2.27. The van der Waals surface area contributed by atoms with E-state index in [4.69, 9.17) is 0 Å². The Balaban J connectivity index is 4.24. The first kappa shape index (κ1) is 12.2. The van der Waals surface area contributed by atoms with E-state index in [0.29, 0.717) is 5.92 Å². The van der Waals surface area contributed by atoms with E-state index in [2.05, 4.69) is 32.0 Å². The SMILES string of the molecule is C=CN=C(C=C)C(CC)CCCC. The minimum atomic E-state index is 0.565. The molecular weight excluding hydrogens is 158 g/mol. The molecule has 0 aliphatic carbocycles. The molecule has 0 bridgehead atoms. The molecule has 0 aliphatic rings. The van der Waals surface area contributed by atoms with Crippen LogP contribution in [0.1, 0.15) is 39.5 Å². The molecule has 0 aromatic rings. The van der Waals surface area contributed by atoms with Crippen LogP contribution in [-0.2, 0) is 0 Å². The van der Waals surface area contributed by atoms with Crippen molar-refractivity contribution in [3.05, 3.63) is 25.4 Å². The first-order valence-electron chi connectivity index (χ1n) is 5.11. The molecule has 1 unspecified atom stereocenters. The molecule has 0 aromatic carbocycles. The summed E-state index contributed by atoms with van der Waals surface area (Å²) in [6.45, 7) is 11.8. The summed E-state index contributed by atoms with van der Waals surface area (Å²) < 4.78 is 0. The van der Waals surface area contributed by atoms with Gasteiger partial charge in [-0.2, -0.15) is 0 Å². The highest BCUT2D eigenvalue weighted by atomic mass is 14.7. The normalized spacial score (nSPS) is 13.8. The van der Waals surface area contributed by atoms with E-state index in [0.717, 1.165) is 12.1 Å². The van der Waals surface area contributed by atoms with Crippen LogP contribution in [0.15, 0.2) is 30.4 Å². The predicted molar refractivity (Wildman–Crippen MR) is 61.1 cm³/mol. The van der Waals surface area contributed by atoms with Gasteiger partial charge in [-0.1, -0.05) is 39.8 Å². The molecule has 0 fully saturated rings. The molecule has 0 saturated carbocycles. The Labute approximate surface area is 82.3 Å². The van der Waals surface area contributed by atoms with E-state index >= 15 is 0 Å². The van der Waals surface area contributed by atoms with Crippen molar-refractivity contribution >= 4 is 5.71 Å². The summed E-state index contributed by atoms with van der Waals surface area (Å²) >= 11 is 0. The Hall–Kier alpha value is -0.850. The minimum absolute atomic E-state index is 0.565. The van der Waals surface area contributed by atoms with Crippen LogP contribution in [0.3, 0.4) is 0 Å². The number of hydrogen-bond acceptors (Lipinski definition) is 1. The molecule has 0 spiro atoms. The minimum Gasteiger partial charge on any atom is -0.262 e. The fourth-order valence-corrected chi connectivity index (χ4v) is 1.44. The summed E-state index contributed by atoms with van der Waals surface area (Å²) in [4.78, 5) is 4.23. The molecule has 0 amide bonds. The highest BCUT2D eigenvalue weighted by molar-refractivity contribution is 5.96. The van der Waals surface area contributed by atoms with Crippen molar-refractivity contribution in [2.24, 2.45) is 10.9 Å². The standard InChI is InChI=1S/C12H21N/c1-5-9-10-11(6-2)12(7-3)13-8-4/h7-8,11H,3-6,9-10H2,1-2H3. The zero-order valence-corrected chi connectivity index (χ0v) is 8.92. The van der Waals surface area contributed by atoms with Crippen molar-refractivity contribution in [3.63, 3.8) is 0 Å². The van der Waals surface area contributed by atoms with Gasteiger partial charge < -0.3 is 0 Å². The van der Waals surface area contributed by atoms with Crippen LogP contribution in [0.4, 0.5) is 0 Å². The van der Waals surface area contributed by atoms with Crippen LogP contribution in [0.5, 0.6) is 0 Å². The van der Waals surface area contributed by atoms with Crippen LogP contribution < -0.4 is 0 Å². The lowest BCUT2D eigenvalue weighted by atomic mass is 9.94. The van der Waals surface area contributed by atoms with Crippen molar-refractivity contribution in [1.29, 1.82) is 0 Å². The summed E-state index contributed by atoms with van der Waals surface area (Å²) in [5.74, 6) is 0.565. The lowest BCUT2D eigenvalue weighted by Gasteiger charge is -2.13. The molecule has 1 nitrogen and oxygen atoms in total. The summed E-state index contributed by atoms with van der Waals surface area (Å²) in [6, 6.07) is 0. The van der Waals surface area contributed by atoms with Crippen LogP contribution in [0.2, 0.25) is 0 Å². The van der Waals surface area contributed by atoms with E-state index in [1.165, 1.54) is 19.3 Å². The van der Waals surface area contributed by atoms with Gasteiger partial charge in [0.25, 0.3) is 0 Å². The highest BCUT2D eigenvalue weighted by Gasteiger charge is 2.09. The monoisotopic (exact) mass is 179 g/mol. The predicted octanol–water partition coefficient (Wildman–Crippen LogP) is 3.97. The summed E-state index contributed by atoms with van der Waals surface area (Å²) in [7, 11) is 0. The van der Waals surface area contributed by atoms with E-state index in [1.54, 1.807) is 6.20 Å². The molecule has 0 N–H and O–H groups in total. The number of nitrogens with zero attached hydrogens (tertiary/aromatic N) is 1. The lowest BCUT2D eigenvalue weighted by Crippen LogP contribution is -2.10. The van der Waals surface area contributed by atoms with Crippen LogP contribution in [0, 0.1) is 5.92 Å². The van der Waals surface area contributed by atoms with Gasteiger partial charge in [-0.3, -0.25) is 4.99 Å². The second kappa shape index (κ2) is 7.78. The van der Waals surface area contributed by atoms with Crippen LogP contribution in [-0.4, -0.2) is 5.71 Å². The maximum absolute atomic E-state index is 4.23. The Kier molecular flexibility index (Phi) is 7.27. The Morgan fingerprint density at radius 2 is 2.08 bits per heavy atom. The third-order valence-electron chi connectivity index (χ3n) is 2.27. The van der Waals surface area contributed by atoms with Crippen LogP contribution in [0.25, 0.3) is 0 Å². The largest absolute Gasteiger partial charge is 0.262 e. The average Bonchev–Trinajstić information content (AvgIpc) is 2.17. The number of rotatable bonds is 7. The zero-order valence-electron chi connectivity index (χ0n) is 8.92. The first-order chi connectivity index (χ1) is 6.29. The van der Waals surface area contributed by atoms with Gasteiger partial charge in [-0.15, -0.1) is 0 Å². The summed E-state index contributed by atoms with van der Waals surface area (Å²) in [5, 5.41) is 0. The van der Waals surface area contributed by atoms with Crippen molar-refractivity contribution in [2.45, 2.75) is 39.5 Å². The summed E-state index contributed by atoms with van der Waals surface area (Å²) in [6.07, 6.45) is 8.32. The average molecular weight is 179 g/mol. The van der Waals surface area contributed by atoms with Crippen molar-refractivity contribution < 1.29 is 0 Å². The van der Waals surface area contributed by atoms with Gasteiger partial charge in [-0.25, -0.2) is 0 Å². The van der Waals surface area contributed by atoms with Gasteiger partial charge in [0.1, 0.15) is 0 Å². The Morgan fingerprint density at radius 3 is 2.46 bits per heavy atom. The topological polar surface area (TPSA) is 12.4 Å². The second-order valence-corrected chi connectivity index (χ2v) is 3.19. The molecule has 0 saturated heterocycles. The van der Waals surface area contributed by atoms with Gasteiger partial charge in [0.05, 0.1) is 0 Å². The Morgan fingerprint density at radius 1 is 1.38 bits per heavy atom. The molecule has 0 heterocycles. The first-order valence-corrected chi connectivity index (χ1v) is 5.11. The fourth-order valence-electron chi connectivity index (χ4n) is 1.44. The van der Waals surface area contributed by atoms with Gasteiger partial charge >= 0.3 is 0 Å². The zero-order chi connectivity index (χ0) is 10.1. The van der Waals surface area contributed by atoms with Crippen molar-refractivity contribution in [1.82, 2.24) is 0 Å². The molecule has 0 aromatic heterocycles. The number of hydrogen-bond donors (Lipinski definition) is 0. The molecule has 0 aliphatic heterocycles. The molecule has 1 atom stereocenters. The molecule has 13 heavy (non-hydrogen) atoms. The van der Waals surface area contributed by atoms with Gasteiger partial charge in [0, 0.05) is 17.8 Å². The number of unbranched alkanes of at least 4 members (excludes halogenated alkanes) is 1. The molecular formula is C12H21N. The molecule has 74 valence electrons. The third kappa shape index (κ3) is 4.66. The lowest BCUT2D eigenvalue weighted by molar-refractivity contribution is 0.569. The van der Waals surface area contributed by atoms with Crippen LogP contribution >= 0.6 is 0 Å². The van der Waals surface area contributed by atoms with E-state index in [1.807, 2.05) is 6.08 Å². The van der Waals surface area contributed by atoms with Gasteiger partial charge in [-0.05, 0) is 18.9 Å². The quantitative estimate of drug-likeness (QED) is 0.524. The smallest absolute Gasteiger partial charge is 0.0428 e. The van der Waals surface area contributed by atoms with E-state index in [9.17, 15) is 0 Å². The fraction of sp³-hybridized carbons (Fsp3) is 0.583. The maximum Gasteiger partial charge on any atom is 0.0428 e.